The molecule has 1 atom stereocenters. The number of amidine groups is 1. The Bertz CT molecular complexity index is 2690. The Kier molecular flexibility index (Phi) is 5.90. The predicted octanol–water partition coefficient (Wildman–Crippen LogP) is 11.4. The molecule has 4 heteroatoms. The number of rotatable bonds is 4. The number of hydrogen-bond acceptors (Lipinski definition) is 2. The summed E-state index contributed by atoms with van der Waals surface area (Å²) < 4.78 is 9.13. The minimum absolute atomic E-state index is 0.0756. The van der Waals surface area contributed by atoms with Crippen molar-refractivity contribution in [1.82, 2.24) is 4.57 Å². The Labute approximate surface area is 277 Å². The van der Waals surface area contributed by atoms with Gasteiger partial charge >= 0.3 is 0 Å². The fourth-order valence-electron chi connectivity index (χ4n) is 7.30. The fraction of sp³-hybridized carbons (Fsp3) is 0.0227. The molecule has 6 aromatic carbocycles. The first kappa shape index (κ1) is 26.8. The summed E-state index contributed by atoms with van der Waals surface area (Å²) in [6.07, 6.45) is 8.37. The van der Waals surface area contributed by atoms with Crippen molar-refractivity contribution in [2.24, 2.45) is 4.99 Å². The number of aromatic nitrogens is 1. The van der Waals surface area contributed by atoms with Crippen LogP contribution in [0.15, 0.2) is 179 Å². The van der Waals surface area contributed by atoms with Gasteiger partial charge in [0.15, 0.2) is 5.58 Å². The van der Waals surface area contributed by atoms with E-state index in [1.54, 1.807) is 0 Å². The second-order valence-electron chi connectivity index (χ2n) is 12.3. The fourth-order valence-corrected chi connectivity index (χ4v) is 7.30. The molecule has 0 N–H and O–H groups in total. The third-order valence-corrected chi connectivity index (χ3v) is 9.56. The van der Waals surface area contributed by atoms with Crippen molar-refractivity contribution in [2.75, 3.05) is 0 Å². The van der Waals surface area contributed by atoms with Crippen molar-refractivity contribution >= 4 is 55.3 Å². The molecule has 1 aliphatic carbocycles. The number of nitrogens with zero attached hydrogens (tertiary/aromatic N) is 3. The van der Waals surface area contributed by atoms with E-state index in [9.17, 15) is 0 Å². The third kappa shape index (κ3) is 4.13. The molecule has 48 heavy (non-hydrogen) atoms. The van der Waals surface area contributed by atoms with Crippen molar-refractivity contribution in [2.45, 2.75) is 6.04 Å². The highest BCUT2D eigenvalue weighted by Crippen LogP contribution is 2.40. The van der Waals surface area contributed by atoms with Gasteiger partial charge in [0.1, 0.15) is 5.58 Å². The van der Waals surface area contributed by atoms with Crippen LogP contribution in [0.1, 0.15) is 11.1 Å². The molecular formula is C44H28N3O-. The van der Waals surface area contributed by atoms with Crippen LogP contribution in [0.3, 0.4) is 0 Å². The van der Waals surface area contributed by atoms with E-state index in [-0.39, 0.29) is 6.04 Å². The number of allylic oxidation sites excluding steroid dienone is 2. The summed E-state index contributed by atoms with van der Waals surface area (Å²) in [5.41, 5.74) is 11.5. The van der Waals surface area contributed by atoms with Gasteiger partial charge in [-0.1, -0.05) is 133 Å². The second-order valence-corrected chi connectivity index (χ2v) is 12.3. The molecule has 0 amide bonds. The van der Waals surface area contributed by atoms with E-state index in [0.717, 1.165) is 61.1 Å². The molecule has 0 spiro atoms. The van der Waals surface area contributed by atoms with E-state index in [4.69, 9.17) is 14.7 Å². The van der Waals surface area contributed by atoms with Crippen LogP contribution in [0.5, 0.6) is 0 Å². The molecule has 0 radical (unpaired) electrons. The molecule has 8 aromatic rings. The van der Waals surface area contributed by atoms with Gasteiger partial charge in [-0.3, -0.25) is 0 Å². The highest BCUT2D eigenvalue weighted by molar-refractivity contribution is 6.17. The average molecular weight is 615 g/mol. The van der Waals surface area contributed by atoms with Gasteiger partial charge in [-0.2, -0.15) is 0 Å². The SMILES string of the molecule is C1=CC2=C(c3ccccc3)N=C(c3ccc4c(c3)oc3c(-n5c6ccccc6c6cc(-c7ccccc7)ccc65)cccc34)[N-]C2C=C1. The molecule has 1 unspecified atom stereocenters. The lowest BCUT2D eigenvalue weighted by Crippen LogP contribution is -2.19. The van der Waals surface area contributed by atoms with Gasteiger partial charge in [0.2, 0.25) is 0 Å². The van der Waals surface area contributed by atoms with Crippen LogP contribution in [-0.2, 0) is 0 Å². The van der Waals surface area contributed by atoms with Crippen molar-refractivity contribution in [3.8, 4) is 16.8 Å². The van der Waals surface area contributed by atoms with Crippen molar-refractivity contribution < 1.29 is 4.42 Å². The third-order valence-electron chi connectivity index (χ3n) is 9.56. The van der Waals surface area contributed by atoms with Crippen LogP contribution in [0.4, 0.5) is 0 Å². The Morgan fingerprint density at radius 1 is 0.562 bits per heavy atom. The molecule has 0 saturated carbocycles. The maximum atomic E-state index is 6.79. The van der Waals surface area contributed by atoms with Crippen LogP contribution in [0, 0.1) is 0 Å². The van der Waals surface area contributed by atoms with E-state index >= 15 is 0 Å². The van der Waals surface area contributed by atoms with E-state index in [1.807, 2.05) is 6.07 Å². The summed E-state index contributed by atoms with van der Waals surface area (Å²) in [6, 6.07) is 49.0. The maximum Gasteiger partial charge on any atom is 0.159 e. The molecule has 4 nitrogen and oxygen atoms in total. The monoisotopic (exact) mass is 614 g/mol. The molecular weight excluding hydrogens is 587 g/mol. The van der Waals surface area contributed by atoms with Gasteiger partial charge in [0.25, 0.3) is 0 Å². The first-order chi connectivity index (χ1) is 23.8. The average Bonchev–Trinajstić information content (AvgIpc) is 3.70. The van der Waals surface area contributed by atoms with Crippen LogP contribution in [0.2, 0.25) is 0 Å². The zero-order valence-corrected chi connectivity index (χ0v) is 25.9. The standard InChI is InChI=1S/C44H28N3O/c1-3-12-28(13-4-1)30-23-25-39-36(26-30)32-16-8-10-20-38(32)47(39)40-21-11-18-34-33-24-22-31(27-41(33)48-43(34)40)44-45-37-19-9-7-17-35(37)42(46-44)29-14-5-2-6-15-29/h1-27,37H/q-1. The lowest BCUT2D eigenvalue weighted by molar-refractivity contribution is 0.666. The van der Waals surface area contributed by atoms with Crippen molar-refractivity contribution in [3.63, 3.8) is 0 Å². The quantitative estimate of drug-likeness (QED) is 0.194. The predicted molar refractivity (Wildman–Crippen MR) is 199 cm³/mol. The molecule has 10 rings (SSSR count). The smallest absolute Gasteiger partial charge is 0.159 e. The van der Waals surface area contributed by atoms with Gasteiger partial charge in [0, 0.05) is 27.6 Å². The van der Waals surface area contributed by atoms with E-state index in [0.29, 0.717) is 5.84 Å². The van der Waals surface area contributed by atoms with Crippen molar-refractivity contribution in [3.05, 3.63) is 186 Å². The molecule has 1 aliphatic heterocycles. The van der Waals surface area contributed by atoms with Gasteiger partial charge in [-0.25, -0.2) is 0 Å². The number of hydrogen-bond donors (Lipinski definition) is 0. The molecule has 0 fully saturated rings. The number of para-hydroxylation sites is 2. The minimum Gasteiger partial charge on any atom is -0.454 e. The summed E-state index contributed by atoms with van der Waals surface area (Å²) in [7, 11) is 0. The van der Waals surface area contributed by atoms with E-state index in [2.05, 4.69) is 162 Å². The summed E-state index contributed by atoms with van der Waals surface area (Å²) in [4.78, 5) is 5.12. The highest BCUT2D eigenvalue weighted by atomic mass is 16.3. The van der Waals surface area contributed by atoms with Crippen molar-refractivity contribution in [1.29, 1.82) is 0 Å². The zero-order valence-electron chi connectivity index (χ0n) is 25.9. The van der Waals surface area contributed by atoms with Gasteiger partial charge < -0.3 is 19.3 Å². The van der Waals surface area contributed by atoms with E-state index < -0.39 is 0 Å². The number of aliphatic imine (C=N–C) groups is 1. The Hall–Kier alpha value is -6.39. The van der Waals surface area contributed by atoms with Crippen LogP contribution in [0.25, 0.3) is 71.6 Å². The molecule has 2 aromatic heterocycles. The Morgan fingerprint density at radius 2 is 1.31 bits per heavy atom. The first-order valence-corrected chi connectivity index (χ1v) is 16.3. The number of fused-ring (bicyclic) bond motifs is 7. The molecule has 226 valence electrons. The largest absolute Gasteiger partial charge is 0.454 e. The number of benzene rings is 6. The van der Waals surface area contributed by atoms with Crippen LogP contribution in [-0.4, -0.2) is 16.4 Å². The van der Waals surface area contributed by atoms with Gasteiger partial charge in [-0.15, -0.1) is 0 Å². The normalized spacial score (nSPS) is 15.8. The lowest BCUT2D eigenvalue weighted by atomic mass is 9.94. The number of furan rings is 1. The van der Waals surface area contributed by atoms with Gasteiger partial charge in [0.05, 0.1) is 16.7 Å². The summed E-state index contributed by atoms with van der Waals surface area (Å²) >= 11 is 0. The summed E-state index contributed by atoms with van der Waals surface area (Å²) in [5, 5.41) is 9.65. The van der Waals surface area contributed by atoms with Gasteiger partial charge in [-0.05, 0) is 69.9 Å². The topological polar surface area (TPSA) is 44.5 Å². The summed E-state index contributed by atoms with van der Waals surface area (Å²) in [5.74, 6) is 0.710. The first-order valence-electron chi connectivity index (χ1n) is 16.3. The Morgan fingerprint density at radius 3 is 2.19 bits per heavy atom. The van der Waals surface area contributed by atoms with Crippen LogP contribution < -0.4 is 0 Å². The molecule has 2 aliphatic rings. The molecule has 3 heterocycles. The second kappa shape index (κ2) is 10.6. The molecule has 0 saturated heterocycles. The maximum absolute atomic E-state index is 6.79. The lowest BCUT2D eigenvalue weighted by Gasteiger charge is -2.36. The zero-order chi connectivity index (χ0) is 31.6. The highest BCUT2D eigenvalue weighted by Gasteiger charge is 2.20. The Balaban J connectivity index is 1.14. The minimum atomic E-state index is -0.0756. The molecule has 0 bridgehead atoms. The summed E-state index contributed by atoms with van der Waals surface area (Å²) in [6.45, 7) is 0. The van der Waals surface area contributed by atoms with E-state index in [1.165, 1.54) is 21.9 Å². The van der Waals surface area contributed by atoms with Crippen LogP contribution >= 0.6 is 0 Å².